The van der Waals surface area contributed by atoms with Gasteiger partial charge in [0.2, 0.25) is 16.9 Å². The van der Waals surface area contributed by atoms with Gasteiger partial charge in [0.05, 0.1) is 47.7 Å². The van der Waals surface area contributed by atoms with Gasteiger partial charge in [0.25, 0.3) is 0 Å². The molecule has 0 bridgehead atoms. The molecule has 0 atom stereocenters. The van der Waals surface area contributed by atoms with Gasteiger partial charge in [-0.2, -0.15) is 0 Å². The quantitative estimate of drug-likeness (QED) is 0.0924. The third kappa shape index (κ3) is 5.96. The first-order chi connectivity index (χ1) is 20.9. The highest BCUT2D eigenvalue weighted by atomic mass is 32.2. The second-order valence-electron chi connectivity index (χ2n) is 9.10. The molecule has 0 radical (unpaired) electrons. The lowest BCUT2D eigenvalue weighted by molar-refractivity contribution is 0.309. The Balaban J connectivity index is 1.50. The summed E-state index contributed by atoms with van der Waals surface area (Å²) in [6.45, 7) is 0.177. The van der Waals surface area contributed by atoms with Gasteiger partial charge in [0.1, 0.15) is 39.6 Å². The van der Waals surface area contributed by atoms with Crippen molar-refractivity contribution in [1.82, 2.24) is 9.97 Å². The number of aromatic nitrogens is 2. The van der Waals surface area contributed by atoms with Crippen LogP contribution in [-0.2, 0) is 0 Å². The molecule has 0 saturated heterocycles. The molecule has 5 rings (SSSR count). The molecule has 0 aliphatic carbocycles. The summed E-state index contributed by atoms with van der Waals surface area (Å²) in [5.41, 5.74) is 0.948. The van der Waals surface area contributed by atoms with E-state index in [9.17, 15) is 9.18 Å². The molecule has 0 fully saturated rings. The highest BCUT2D eigenvalue weighted by Gasteiger charge is 2.24. The minimum absolute atomic E-state index is 0.00945. The predicted molar refractivity (Wildman–Crippen MR) is 161 cm³/mol. The highest BCUT2D eigenvalue weighted by Crippen LogP contribution is 2.44. The summed E-state index contributed by atoms with van der Waals surface area (Å²) in [6.07, 6.45) is 1.99. The first-order valence-electron chi connectivity index (χ1n) is 13.1. The summed E-state index contributed by atoms with van der Waals surface area (Å²) in [7, 11) is 7.47. The van der Waals surface area contributed by atoms with E-state index in [-0.39, 0.29) is 40.7 Å². The van der Waals surface area contributed by atoms with E-state index in [1.807, 2.05) is 0 Å². The largest absolute Gasteiger partial charge is 0.496 e. The molecule has 0 aliphatic heterocycles. The minimum Gasteiger partial charge on any atom is -0.496 e. The number of halogens is 1. The van der Waals surface area contributed by atoms with E-state index in [1.54, 1.807) is 30.3 Å². The lowest BCUT2D eigenvalue weighted by Crippen LogP contribution is -2.12. The molecule has 10 nitrogen and oxygen atoms in total. The van der Waals surface area contributed by atoms with E-state index in [2.05, 4.69) is 9.97 Å². The maximum Gasteiger partial charge on any atom is 0.239 e. The first-order valence-corrected chi connectivity index (χ1v) is 14.1. The third-order valence-corrected chi connectivity index (χ3v) is 7.70. The Kier molecular flexibility index (Phi) is 9.05. The van der Waals surface area contributed by atoms with Gasteiger partial charge in [-0.1, -0.05) is 0 Å². The van der Waals surface area contributed by atoms with Gasteiger partial charge in [-0.05, 0) is 36.8 Å². The van der Waals surface area contributed by atoms with Crippen LogP contribution in [0.5, 0.6) is 34.5 Å². The van der Waals surface area contributed by atoms with E-state index < -0.39 is 5.43 Å². The van der Waals surface area contributed by atoms with Crippen LogP contribution in [0.2, 0.25) is 0 Å². The molecule has 0 amide bonds. The zero-order valence-corrected chi connectivity index (χ0v) is 25.0. The highest BCUT2D eigenvalue weighted by molar-refractivity contribution is 7.99. The fourth-order valence-corrected chi connectivity index (χ4v) is 5.47. The van der Waals surface area contributed by atoms with Crippen LogP contribution in [0.25, 0.3) is 33.2 Å². The average Bonchev–Trinajstić information content (AvgIpc) is 3.03. The van der Waals surface area contributed by atoms with Gasteiger partial charge in [-0.3, -0.25) is 4.79 Å². The Morgan fingerprint density at radius 2 is 1.58 bits per heavy atom. The monoisotopic (exact) mass is 608 g/mol. The fourth-order valence-electron chi connectivity index (χ4n) is 4.58. The van der Waals surface area contributed by atoms with Crippen molar-refractivity contribution >= 4 is 33.6 Å². The van der Waals surface area contributed by atoms with Crippen molar-refractivity contribution in [2.75, 3.05) is 47.9 Å². The fraction of sp³-hybridized carbons (Fsp3) is 0.258. The number of rotatable bonds is 12. The SMILES string of the molecule is COc1cc(OC)c2c(=O)c(OCCCSc3ncnc4ccc(F)cc34)c(-c3cc(OC)c(OC)c(OC)c3)oc2c1. The van der Waals surface area contributed by atoms with Crippen molar-refractivity contribution in [3.8, 4) is 45.8 Å². The van der Waals surface area contributed by atoms with Crippen LogP contribution >= 0.6 is 11.8 Å². The van der Waals surface area contributed by atoms with Gasteiger partial charge in [0.15, 0.2) is 17.3 Å². The summed E-state index contributed by atoms with van der Waals surface area (Å²) in [5, 5.41) is 1.50. The van der Waals surface area contributed by atoms with Crippen LogP contribution in [0.3, 0.4) is 0 Å². The summed E-state index contributed by atoms with van der Waals surface area (Å²) < 4.78 is 53.7. The molecule has 0 unspecified atom stereocenters. The number of benzene rings is 3. The van der Waals surface area contributed by atoms with Crippen molar-refractivity contribution in [2.45, 2.75) is 11.4 Å². The van der Waals surface area contributed by atoms with Crippen LogP contribution < -0.4 is 33.8 Å². The number of ether oxygens (including phenoxy) is 6. The molecule has 2 heterocycles. The molecule has 224 valence electrons. The molecule has 12 heteroatoms. The van der Waals surface area contributed by atoms with Gasteiger partial charge in [-0.15, -0.1) is 11.8 Å². The maximum absolute atomic E-state index is 13.9. The molecule has 5 aromatic rings. The Labute approximate surface area is 250 Å². The normalized spacial score (nSPS) is 11.0. The number of methoxy groups -OCH3 is 5. The maximum atomic E-state index is 13.9. The molecule has 0 spiro atoms. The molecule has 43 heavy (non-hydrogen) atoms. The molecule has 0 saturated carbocycles. The van der Waals surface area contributed by atoms with Crippen molar-refractivity contribution < 1.29 is 37.2 Å². The van der Waals surface area contributed by atoms with Crippen molar-refractivity contribution in [3.63, 3.8) is 0 Å². The average molecular weight is 609 g/mol. The van der Waals surface area contributed by atoms with Gasteiger partial charge in [-0.25, -0.2) is 14.4 Å². The smallest absolute Gasteiger partial charge is 0.239 e. The first kappa shape index (κ1) is 29.8. The van der Waals surface area contributed by atoms with E-state index in [4.69, 9.17) is 32.8 Å². The zero-order valence-electron chi connectivity index (χ0n) is 24.2. The lowest BCUT2D eigenvalue weighted by atomic mass is 10.1. The van der Waals surface area contributed by atoms with Gasteiger partial charge in [0, 0.05) is 28.8 Å². The van der Waals surface area contributed by atoms with Crippen LogP contribution in [0, 0.1) is 5.82 Å². The van der Waals surface area contributed by atoms with Crippen LogP contribution in [0.4, 0.5) is 4.39 Å². The lowest BCUT2D eigenvalue weighted by Gasteiger charge is -2.17. The summed E-state index contributed by atoms with van der Waals surface area (Å²) in [4.78, 5) is 22.4. The summed E-state index contributed by atoms with van der Waals surface area (Å²) in [6, 6.07) is 11.0. The van der Waals surface area contributed by atoms with E-state index >= 15 is 0 Å². The Morgan fingerprint density at radius 3 is 2.26 bits per heavy atom. The number of hydrogen-bond acceptors (Lipinski definition) is 11. The van der Waals surface area contributed by atoms with Gasteiger partial charge < -0.3 is 32.8 Å². The number of nitrogens with zero attached hydrogens (tertiary/aromatic N) is 2. The minimum atomic E-state index is -0.422. The zero-order chi connectivity index (χ0) is 30.5. The molecule has 2 aromatic heterocycles. The number of thioether (sulfide) groups is 1. The Hall–Kier alpha value is -4.71. The molecular formula is C31H29FN2O8S. The predicted octanol–water partition coefficient (Wildman–Crippen LogP) is 6.15. The van der Waals surface area contributed by atoms with Crippen LogP contribution in [0.1, 0.15) is 6.42 Å². The van der Waals surface area contributed by atoms with Crippen LogP contribution in [-0.4, -0.2) is 57.9 Å². The summed E-state index contributed by atoms with van der Waals surface area (Å²) in [5.74, 6) is 2.24. The van der Waals surface area contributed by atoms with Crippen molar-refractivity contribution in [1.29, 1.82) is 0 Å². The number of fused-ring (bicyclic) bond motifs is 2. The molecule has 0 aliphatic rings. The van der Waals surface area contributed by atoms with E-state index in [0.29, 0.717) is 56.7 Å². The molecule has 0 N–H and O–H groups in total. The van der Waals surface area contributed by atoms with Gasteiger partial charge >= 0.3 is 0 Å². The van der Waals surface area contributed by atoms with Crippen molar-refractivity contribution in [3.05, 3.63) is 64.8 Å². The molecular weight excluding hydrogens is 579 g/mol. The Bertz CT molecular complexity index is 1820. The Morgan fingerprint density at radius 1 is 0.837 bits per heavy atom. The van der Waals surface area contributed by atoms with Crippen LogP contribution in [0.15, 0.2) is 63.0 Å². The second kappa shape index (κ2) is 13.1. The van der Waals surface area contributed by atoms with E-state index in [0.717, 1.165) is 0 Å². The topological polar surface area (TPSA) is 111 Å². The number of hydrogen-bond donors (Lipinski definition) is 0. The third-order valence-electron chi connectivity index (χ3n) is 6.61. The van der Waals surface area contributed by atoms with E-state index in [1.165, 1.54) is 65.8 Å². The summed E-state index contributed by atoms with van der Waals surface area (Å²) >= 11 is 1.45. The standard InChI is InChI=1S/C31H29FN2O8S/c1-36-19-14-22(37-2)26-23(15-19)42-28(17-11-24(38-3)29(40-5)25(12-17)39-4)30(27(26)35)41-9-6-10-43-31-20-13-18(32)7-8-21(20)33-16-34-31/h7-8,11-16H,6,9-10H2,1-5H3. The second-order valence-corrected chi connectivity index (χ2v) is 10.2. The molecule has 3 aromatic carbocycles. The van der Waals surface area contributed by atoms with Crippen molar-refractivity contribution in [2.24, 2.45) is 0 Å².